The van der Waals surface area contributed by atoms with E-state index in [-0.39, 0.29) is 0 Å². The van der Waals surface area contributed by atoms with E-state index in [1.54, 1.807) is 0 Å². The summed E-state index contributed by atoms with van der Waals surface area (Å²) >= 11 is 0. The number of hydrogen-bond donors (Lipinski definition) is 0. The van der Waals surface area contributed by atoms with Crippen LogP contribution in [0, 0.1) is 11.8 Å². The lowest BCUT2D eigenvalue weighted by Crippen LogP contribution is -1.73. The highest BCUT2D eigenvalue weighted by Gasteiger charge is 2.31. The third kappa shape index (κ3) is 0.445. The first-order valence-corrected chi connectivity index (χ1v) is 2.30. The van der Waals surface area contributed by atoms with Crippen LogP contribution < -0.4 is 0 Å². The summed E-state index contributed by atoms with van der Waals surface area (Å²) in [4.78, 5) is 9.78. The van der Waals surface area contributed by atoms with Crippen molar-refractivity contribution in [3.8, 4) is 0 Å². The Labute approximate surface area is 37.4 Å². The number of hydrogen-bond acceptors (Lipinski definition) is 1. The maximum atomic E-state index is 9.78. The van der Waals surface area contributed by atoms with Crippen LogP contribution in [0.3, 0.4) is 0 Å². The molecule has 0 N–H and O–H groups in total. The van der Waals surface area contributed by atoms with Gasteiger partial charge in [0, 0.05) is 5.92 Å². The molecule has 0 radical (unpaired) electrons. The summed E-state index contributed by atoms with van der Waals surface area (Å²) < 4.78 is 0. The van der Waals surface area contributed by atoms with Crippen molar-refractivity contribution in [2.24, 2.45) is 11.8 Å². The van der Waals surface area contributed by atoms with E-state index in [2.05, 4.69) is 6.92 Å². The highest BCUT2D eigenvalue weighted by atomic mass is 16.1. The summed E-state index contributed by atoms with van der Waals surface area (Å²) in [6.45, 7) is 2.10. The molecule has 0 unspecified atom stereocenters. The average Bonchev–Trinajstić information content (AvgIpc) is 2.19. The Bertz CT molecular complexity index is 68.3. The van der Waals surface area contributed by atoms with Crippen molar-refractivity contribution in [1.29, 1.82) is 0 Å². The normalized spacial score (nSPS) is 42.2. The SMILES string of the molecule is C[C@H]1C[C@H]1C=O. The Morgan fingerprint density at radius 2 is 2.33 bits per heavy atom. The predicted molar refractivity (Wildman–Crippen MR) is 23.3 cm³/mol. The number of carbonyl (C=O) groups is 1. The fourth-order valence-electron chi connectivity index (χ4n) is 0.540. The third-order valence-electron chi connectivity index (χ3n) is 1.35. The molecule has 1 fully saturated rings. The van der Waals surface area contributed by atoms with Crippen molar-refractivity contribution in [2.45, 2.75) is 13.3 Å². The maximum Gasteiger partial charge on any atom is 0.123 e. The molecule has 1 aliphatic carbocycles. The molecular formula is C5H8O. The van der Waals surface area contributed by atoms with Crippen molar-refractivity contribution < 1.29 is 4.79 Å². The second-order valence-corrected chi connectivity index (χ2v) is 2.01. The minimum absolute atomic E-state index is 0.421. The van der Waals surface area contributed by atoms with Gasteiger partial charge in [-0.05, 0) is 12.3 Å². The average molecular weight is 84.1 g/mol. The summed E-state index contributed by atoms with van der Waals surface area (Å²) in [6, 6.07) is 0. The van der Waals surface area contributed by atoms with E-state index < -0.39 is 0 Å². The molecule has 0 bridgehead atoms. The van der Waals surface area contributed by atoms with Crippen molar-refractivity contribution in [3.05, 3.63) is 0 Å². The summed E-state index contributed by atoms with van der Waals surface area (Å²) in [7, 11) is 0. The topological polar surface area (TPSA) is 17.1 Å². The van der Waals surface area contributed by atoms with Gasteiger partial charge in [0.1, 0.15) is 6.29 Å². The van der Waals surface area contributed by atoms with E-state index >= 15 is 0 Å². The predicted octanol–water partition coefficient (Wildman–Crippen LogP) is 0.841. The highest BCUT2D eigenvalue weighted by Crippen LogP contribution is 2.34. The van der Waals surface area contributed by atoms with Gasteiger partial charge in [-0.25, -0.2) is 0 Å². The van der Waals surface area contributed by atoms with Gasteiger partial charge in [-0.15, -0.1) is 0 Å². The largest absolute Gasteiger partial charge is 0.303 e. The Morgan fingerprint density at radius 1 is 1.83 bits per heavy atom. The van der Waals surface area contributed by atoms with Crippen LogP contribution in [0.15, 0.2) is 0 Å². The zero-order valence-corrected chi connectivity index (χ0v) is 3.85. The van der Waals surface area contributed by atoms with Gasteiger partial charge in [0.2, 0.25) is 0 Å². The molecule has 34 valence electrons. The number of rotatable bonds is 1. The summed E-state index contributed by atoms with van der Waals surface area (Å²) in [5.74, 6) is 1.12. The molecule has 0 amide bonds. The minimum atomic E-state index is 0.421. The van der Waals surface area contributed by atoms with Gasteiger partial charge >= 0.3 is 0 Å². The molecule has 0 saturated heterocycles. The minimum Gasteiger partial charge on any atom is -0.303 e. The number of carbonyl (C=O) groups excluding carboxylic acids is 1. The molecule has 0 heterocycles. The van der Waals surface area contributed by atoms with E-state index in [0.29, 0.717) is 11.8 Å². The smallest absolute Gasteiger partial charge is 0.123 e. The molecule has 1 saturated carbocycles. The van der Waals surface area contributed by atoms with Gasteiger partial charge in [-0.3, -0.25) is 0 Å². The molecule has 2 atom stereocenters. The lowest BCUT2D eigenvalue weighted by Gasteiger charge is -1.67. The van der Waals surface area contributed by atoms with Crippen LogP contribution in [0.25, 0.3) is 0 Å². The van der Waals surface area contributed by atoms with Crippen LogP contribution in [0.5, 0.6) is 0 Å². The van der Waals surface area contributed by atoms with E-state index in [0.717, 1.165) is 12.7 Å². The van der Waals surface area contributed by atoms with Gasteiger partial charge in [0.05, 0.1) is 0 Å². The van der Waals surface area contributed by atoms with Gasteiger partial charge in [-0.1, -0.05) is 6.92 Å². The second kappa shape index (κ2) is 1.07. The van der Waals surface area contributed by atoms with E-state index in [1.807, 2.05) is 0 Å². The molecule has 1 heteroatoms. The first kappa shape index (κ1) is 3.85. The van der Waals surface area contributed by atoms with Crippen LogP contribution in [-0.4, -0.2) is 6.29 Å². The fraction of sp³-hybridized carbons (Fsp3) is 0.800. The van der Waals surface area contributed by atoms with Gasteiger partial charge in [0.25, 0.3) is 0 Å². The Balaban J connectivity index is 2.25. The molecule has 0 aliphatic heterocycles. The zero-order valence-electron chi connectivity index (χ0n) is 3.85. The monoisotopic (exact) mass is 84.1 g/mol. The Hall–Kier alpha value is -0.330. The van der Waals surface area contributed by atoms with Gasteiger partial charge in [-0.2, -0.15) is 0 Å². The van der Waals surface area contributed by atoms with Crippen LogP contribution in [-0.2, 0) is 4.79 Å². The first-order valence-electron chi connectivity index (χ1n) is 2.30. The van der Waals surface area contributed by atoms with Crippen LogP contribution in [0.2, 0.25) is 0 Å². The van der Waals surface area contributed by atoms with E-state index in [1.165, 1.54) is 0 Å². The molecule has 1 aliphatic rings. The van der Waals surface area contributed by atoms with Crippen molar-refractivity contribution in [2.75, 3.05) is 0 Å². The lowest BCUT2D eigenvalue weighted by atomic mass is 10.4. The maximum absolute atomic E-state index is 9.78. The third-order valence-corrected chi connectivity index (χ3v) is 1.35. The van der Waals surface area contributed by atoms with Crippen LogP contribution in [0.4, 0.5) is 0 Å². The summed E-state index contributed by atoms with van der Waals surface area (Å²) in [6.07, 6.45) is 2.17. The van der Waals surface area contributed by atoms with E-state index in [4.69, 9.17) is 0 Å². The van der Waals surface area contributed by atoms with Crippen molar-refractivity contribution >= 4 is 6.29 Å². The fourth-order valence-corrected chi connectivity index (χ4v) is 0.540. The van der Waals surface area contributed by atoms with Gasteiger partial charge in [0.15, 0.2) is 0 Å². The molecule has 0 aromatic heterocycles. The summed E-state index contributed by atoms with van der Waals surface area (Å²) in [5.41, 5.74) is 0. The molecule has 0 aromatic rings. The molecule has 1 rings (SSSR count). The number of aldehydes is 1. The van der Waals surface area contributed by atoms with Crippen molar-refractivity contribution in [3.63, 3.8) is 0 Å². The first-order chi connectivity index (χ1) is 2.84. The summed E-state index contributed by atoms with van der Waals surface area (Å²) in [5, 5.41) is 0. The zero-order chi connectivity index (χ0) is 4.57. The molecule has 0 aromatic carbocycles. The van der Waals surface area contributed by atoms with Gasteiger partial charge < -0.3 is 4.79 Å². The standard InChI is InChI=1S/C5H8O/c1-4-2-5(4)3-6/h3-5H,2H2,1H3/t4-,5-/m0/s1. The highest BCUT2D eigenvalue weighted by molar-refractivity contribution is 5.57. The van der Waals surface area contributed by atoms with Crippen LogP contribution >= 0.6 is 0 Å². The van der Waals surface area contributed by atoms with Crippen LogP contribution in [0.1, 0.15) is 13.3 Å². The Kier molecular flexibility index (Phi) is 0.685. The Morgan fingerprint density at radius 3 is 2.33 bits per heavy atom. The molecule has 1 nitrogen and oxygen atoms in total. The molecule has 0 spiro atoms. The quantitative estimate of drug-likeness (QED) is 0.430. The van der Waals surface area contributed by atoms with Crippen molar-refractivity contribution in [1.82, 2.24) is 0 Å². The second-order valence-electron chi connectivity index (χ2n) is 2.01. The lowest BCUT2D eigenvalue weighted by molar-refractivity contribution is -0.109. The van der Waals surface area contributed by atoms with E-state index in [9.17, 15) is 4.79 Å². The molecular weight excluding hydrogens is 76.1 g/mol. The molecule has 6 heavy (non-hydrogen) atoms.